The van der Waals surface area contributed by atoms with Crippen LogP contribution in [0.25, 0.3) is 11.3 Å². The number of nitrogens with zero attached hydrogens (tertiary/aromatic N) is 1. The van der Waals surface area contributed by atoms with Crippen LogP contribution in [-0.2, 0) is 4.79 Å². The number of anilines is 1. The standard InChI is InChI=1S/C16H15NO3/c1-11-9-12(15-7-5-13(10-18)20-15)4-6-14(11)17-8-2-3-16(17)19/h4-7,9-10H,2-3,8H2,1H3. The highest BCUT2D eigenvalue weighted by atomic mass is 16.3. The second-order valence-electron chi connectivity index (χ2n) is 4.97. The third-order valence-electron chi connectivity index (χ3n) is 3.59. The first-order chi connectivity index (χ1) is 9.69. The van der Waals surface area contributed by atoms with Crippen molar-refractivity contribution in [1.29, 1.82) is 0 Å². The fourth-order valence-corrected chi connectivity index (χ4v) is 2.59. The maximum atomic E-state index is 11.8. The van der Waals surface area contributed by atoms with Crippen LogP contribution >= 0.6 is 0 Å². The molecule has 0 saturated carbocycles. The van der Waals surface area contributed by atoms with E-state index in [4.69, 9.17) is 4.42 Å². The lowest BCUT2D eigenvalue weighted by atomic mass is 10.1. The van der Waals surface area contributed by atoms with Gasteiger partial charge in [0, 0.05) is 24.2 Å². The summed E-state index contributed by atoms with van der Waals surface area (Å²) in [6.45, 7) is 2.77. The van der Waals surface area contributed by atoms with Crippen molar-refractivity contribution in [2.24, 2.45) is 0 Å². The normalized spacial score (nSPS) is 14.8. The van der Waals surface area contributed by atoms with Gasteiger partial charge in [-0.1, -0.05) is 0 Å². The summed E-state index contributed by atoms with van der Waals surface area (Å²) in [7, 11) is 0. The van der Waals surface area contributed by atoms with Gasteiger partial charge in [-0.3, -0.25) is 9.59 Å². The Morgan fingerprint density at radius 2 is 2.10 bits per heavy atom. The average molecular weight is 269 g/mol. The van der Waals surface area contributed by atoms with E-state index in [1.54, 1.807) is 12.1 Å². The maximum absolute atomic E-state index is 11.8. The van der Waals surface area contributed by atoms with Gasteiger partial charge in [0.1, 0.15) is 5.76 Å². The van der Waals surface area contributed by atoms with Crippen molar-refractivity contribution in [3.63, 3.8) is 0 Å². The minimum Gasteiger partial charge on any atom is -0.453 e. The molecule has 0 atom stereocenters. The number of aryl methyl sites for hydroxylation is 1. The molecule has 0 N–H and O–H groups in total. The zero-order chi connectivity index (χ0) is 14.1. The molecule has 1 saturated heterocycles. The van der Waals surface area contributed by atoms with E-state index in [1.165, 1.54) is 0 Å². The zero-order valence-corrected chi connectivity index (χ0v) is 11.3. The number of amides is 1. The van der Waals surface area contributed by atoms with E-state index >= 15 is 0 Å². The quantitative estimate of drug-likeness (QED) is 0.804. The SMILES string of the molecule is Cc1cc(-c2ccc(C=O)o2)ccc1N1CCCC1=O. The number of carbonyl (C=O) groups is 2. The van der Waals surface area contributed by atoms with Gasteiger partial charge in [-0.2, -0.15) is 0 Å². The molecule has 1 amide bonds. The summed E-state index contributed by atoms with van der Waals surface area (Å²) in [5.41, 5.74) is 2.89. The predicted molar refractivity (Wildman–Crippen MR) is 75.9 cm³/mol. The van der Waals surface area contributed by atoms with Crippen LogP contribution in [-0.4, -0.2) is 18.7 Å². The van der Waals surface area contributed by atoms with Gasteiger partial charge in [0.05, 0.1) is 0 Å². The minimum atomic E-state index is 0.182. The first-order valence-corrected chi connectivity index (χ1v) is 6.65. The van der Waals surface area contributed by atoms with Crippen molar-refractivity contribution in [2.75, 3.05) is 11.4 Å². The van der Waals surface area contributed by atoms with Crippen LogP contribution in [0.4, 0.5) is 5.69 Å². The maximum Gasteiger partial charge on any atom is 0.227 e. The molecule has 0 bridgehead atoms. The van der Waals surface area contributed by atoms with E-state index in [1.807, 2.05) is 30.0 Å². The molecule has 1 fully saturated rings. The third kappa shape index (κ3) is 2.13. The molecule has 4 nitrogen and oxygen atoms in total. The Bertz CT molecular complexity index is 672. The van der Waals surface area contributed by atoms with Crippen molar-refractivity contribution < 1.29 is 14.0 Å². The third-order valence-corrected chi connectivity index (χ3v) is 3.59. The molecule has 1 aromatic carbocycles. The molecule has 4 heteroatoms. The fraction of sp³-hybridized carbons (Fsp3) is 0.250. The van der Waals surface area contributed by atoms with Crippen molar-refractivity contribution >= 4 is 17.9 Å². The molecule has 20 heavy (non-hydrogen) atoms. The molecule has 0 unspecified atom stereocenters. The summed E-state index contributed by atoms with van der Waals surface area (Å²) < 4.78 is 5.41. The van der Waals surface area contributed by atoms with Gasteiger partial charge >= 0.3 is 0 Å². The molecule has 0 radical (unpaired) electrons. The largest absolute Gasteiger partial charge is 0.453 e. The number of benzene rings is 1. The predicted octanol–water partition coefficient (Wildman–Crippen LogP) is 3.19. The molecule has 1 aromatic heterocycles. The molecule has 2 heterocycles. The van der Waals surface area contributed by atoms with Gasteiger partial charge in [-0.15, -0.1) is 0 Å². The van der Waals surface area contributed by atoms with Crippen LogP contribution in [0.5, 0.6) is 0 Å². The summed E-state index contributed by atoms with van der Waals surface area (Å²) in [6.07, 6.45) is 2.23. The van der Waals surface area contributed by atoms with Crippen molar-refractivity contribution in [3.05, 3.63) is 41.7 Å². The highest BCUT2D eigenvalue weighted by Gasteiger charge is 2.23. The Morgan fingerprint density at radius 3 is 2.70 bits per heavy atom. The lowest BCUT2D eigenvalue weighted by molar-refractivity contribution is -0.117. The first kappa shape index (κ1) is 12.7. The lowest BCUT2D eigenvalue weighted by Gasteiger charge is -2.18. The van der Waals surface area contributed by atoms with Crippen molar-refractivity contribution in [1.82, 2.24) is 0 Å². The Hall–Kier alpha value is -2.36. The summed E-state index contributed by atoms with van der Waals surface area (Å²) in [6, 6.07) is 9.27. The Balaban J connectivity index is 1.94. The Kier molecular flexibility index (Phi) is 3.14. The summed E-state index contributed by atoms with van der Waals surface area (Å²) in [5.74, 6) is 1.16. The second-order valence-corrected chi connectivity index (χ2v) is 4.97. The van der Waals surface area contributed by atoms with Gasteiger partial charge in [-0.05, 0) is 49.2 Å². The smallest absolute Gasteiger partial charge is 0.227 e. The molecular weight excluding hydrogens is 254 g/mol. The first-order valence-electron chi connectivity index (χ1n) is 6.65. The van der Waals surface area contributed by atoms with E-state index in [2.05, 4.69) is 0 Å². The van der Waals surface area contributed by atoms with Crippen LogP contribution in [0.1, 0.15) is 29.0 Å². The van der Waals surface area contributed by atoms with Gasteiger partial charge in [-0.25, -0.2) is 0 Å². The molecule has 102 valence electrons. The molecule has 2 aromatic rings. The summed E-state index contributed by atoms with van der Waals surface area (Å²) in [4.78, 5) is 24.3. The van der Waals surface area contributed by atoms with Crippen LogP contribution in [0.3, 0.4) is 0 Å². The van der Waals surface area contributed by atoms with Crippen molar-refractivity contribution in [3.8, 4) is 11.3 Å². The van der Waals surface area contributed by atoms with E-state index < -0.39 is 0 Å². The number of carbonyl (C=O) groups excluding carboxylic acids is 2. The molecule has 0 aliphatic carbocycles. The Labute approximate surface area is 117 Å². The number of hydrogen-bond acceptors (Lipinski definition) is 3. The van der Waals surface area contributed by atoms with Crippen LogP contribution < -0.4 is 4.90 Å². The molecule has 1 aliphatic heterocycles. The van der Waals surface area contributed by atoms with Gasteiger partial charge in [0.15, 0.2) is 12.0 Å². The average Bonchev–Trinajstić information content (AvgIpc) is 3.07. The summed E-state index contributed by atoms with van der Waals surface area (Å²) >= 11 is 0. The molecular formula is C16H15NO3. The van der Waals surface area contributed by atoms with E-state index in [0.29, 0.717) is 24.2 Å². The topological polar surface area (TPSA) is 50.5 Å². The Morgan fingerprint density at radius 1 is 1.25 bits per heavy atom. The highest BCUT2D eigenvalue weighted by molar-refractivity contribution is 5.96. The molecule has 0 spiro atoms. The second kappa shape index (κ2) is 4.96. The highest BCUT2D eigenvalue weighted by Crippen LogP contribution is 2.30. The van der Waals surface area contributed by atoms with Gasteiger partial charge < -0.3 is 9.32 Å². The van der Waals surface area contributed by atoms with Crippen LogP contribution in [0, 0.1) is 6.92 Å². The number of hydrogen-bond donors (Lipinski definition) is 0. The lowest BCUT2D eigenvalue weighted by Crippen LogP contribution is -2.24. The van der Waals surface area contributed by atoms with Crippen LogP contribution in [0.15, 0.2) is 34.7 Å². The number of aldehydes is 1. The fourth-order valence-electron chi connectivity index (χ4n) is 2.59. The monoisotopic (exact) mass is 269 g/mol. The van der Waals surface area contributed by atoms with Crippen molar-refractivity contribution in [2.45, 2.75) is 19.8 Å². The summed E-state index contributed by atoms with van der Waals surface area (Å²) in [5, 5.41) is 0. The van der Waals surface area contributed by atoms with E-state index in [9.17, 15) is 9.59 Å². The van der Waals surface area contributed by atoms with E-state index in [-0.39, 0.29) is 5.91 Å². The molecule has 3 rings (SSSR count). The molecule has 1 aliphatic rings. The number of rotatable bonds is 3. The number of furan rings is 1. The zero-order valence-electron chi connectivity index (χ0n) is 11.3. The van der Waals surface area contributed by atoms with Crippen LogP contribution in [0.2, 0.25) is 0 Å². The minimum absolute atomic E-state index is 0.182. The van der Waals surface area contributed by atoms with E-state index in [0.717, 1.165) is 29.8 Å². The van der Waals surface area contributed by atoms with Gasteiger partial charge in [0.2, 0.25) is 5.91 Å². The van der Waals surface area contributed by atoms with Gasteiger partial charge in [0.25, 0.3) is 0 Å².